The van der Waals surface area contributed by atoms with Crippen LogP contribution in [0, 0.1) is 12.8 Å². The highest BCUT2D eigenvalue weighted by molar-refractivity contribution is 5.89. The fourth-order valence-electron chi connectivity index (χ4n) is 0.471. The minimum atomic E-state index is -0.879. The molecule has 0 amide bonds. The van der Waals surface area contributed by atoms with Crippen molar-refractivity contribution in [1.82, 2.24) is 0 Å². The normalized spacial score (nSPS) is 10.4. The van der Waals surface area contributed by atoms with E-state index in [2.05, 4.69) is 12.8 Å². The third-order valence-corrected chi connectivity index (χ3v) is 0.904. The first-order valence-electron chi connectivity index (χ1n) is 3.08. The van der Waals surface area contributed by atoms with E-state index in [1.165, 1.54) is 0 Å². The van der Waals surface area contributed by atoms with Crippen LogP contribution < -0.4 is 0 Å². The van der Waals surface area contributed by atoms with Gasteiger partial charge in [0.05, 0.1) is 5.57 Å². The SMILES string of the molecule is C#C.C/C=C\C(=C/C)C(=O)O. The third-order valence-electron chi connectivity index (χ3n) is 0.904. The van der Waals surface area contributed by atoms with Gasteiger partial charge in [0.25, 0.3) is 0 Å². The zero-order chi connectivity index (χ0) is 9.28. The lowest BCUT2D eigenvalue weighted by atomic mass is 10.2. The highest BCUT2D eigenvalue weighted by Gasteiger charge is 1.97. The lowest BCUT2D eigenvalue weighted by Crippen LogP contribution is -1.95. The number of aliphatic carboxylic acids is 1. The molecule has 0 aromatic heterocycles. The molecule has 0 aromatic rings. The van der Waals surface area contributed by atoms with Crippen LogP contribution in [0.4, 0.5) is 0 Å². The number of rotatable bonds is 2. The van der Waals surface area contributed by atoms with Gasteiger partial charge in [-0.15, -0.1) is 12.8 Å². The molecule has 0 saturated heterocycles. The first kappa shape index (κ1) is 12.2. The van der Waals surface area contributed by atoms with Gasteiger partial charge in [-0.3, -0.25) is 0 Å². The van der Waals surface area contributed by atoms with Crippen molar-refractivity contribution in [2.45, 2.75) is 13.8 Å². The van der Waals surface area contributed by atoms with Crippen LogP contribution in [0.5, 0.6) is 0 Å². The van der Waals surface area contributed by atoms with Crippen molar-refractivity contribution in [1.29, 1.82) is 0 Å². The molecule has 0 bridgehead atoms. The summed E-state index contributed by atoms with van der Waals surface area (Å²) in [7, 11) is 0. The van der Waals surface area contributed by atoms with E-state index >= 15 is 0 Å². The predicted octanol–water partition coefficient (Wildman–Crippen LogP) is 1.84. The molecule has 0 radical (unpaired) electrons. The van der Waals surface area contributed by atoms with Crippen LogP contribution in [-0.2, 0) is 4.79 Å². The average Bonchev–Trinajstić information content (AvgIpc) is 2.03. The molecule has 0 atom stereocenters. The number of allylic oxidation sites excluding steroid dienone is 2. The second-order valence-corrected chi connectivity index (χ2v) is 1.55. The van der Waals surface area contributed by atoms with E-state index in [0.29, 0.717) is 5.57 Å². The molecule has 0 saturated carbocycles. The summed E-state index contributed by atoms with van der Waals surface area (Å²) in [6.45, 7) is 3.48. The maximum absolute atomic E-state index is 10.2. The molecule has 0 aliphatic rings. The summed E-state index contributed by atoms with van der Waals surface area (Å²) in [5.74, 6) is -0.879. The number of terminal acetylenes is 1. The van der Waals surface area contributed by atoms with E-state index in [1.807, 2.05) is 0 Å². The molecule has 11 heavy (non-hydrogen) atoms. The highest BCUT2D eigenvalue weighted by atomic mass is 16.4. The fraction of sp³-hybridized carbons (Fsp3) is 0.222. The lowest BCUT2D eigenvalue weighted by Gasteiger charge is -1.88. The summed E-state index contributed by atoms with van der Waals surface area (Å²) < 4.78 is 0. The van der Waals surface area contributed by atoms with E-state index in [9.17, 15) is 4.79 Å². The zero-order valence-corrected chi connectivity index (χ0v) is 6.74. The van der Waals surface area contributed by atoms with Crippen molar-refractivity contribution >= 4 is 5.97 Å². The molecule has 0 spiro atoms. The molecule has 0 aliphatic heterocycles. The van der Waals surface area contributed by atoms with Gasteiger partial charge in [0.15, 0.2) is 0 Å². The van der Waals surface area contributed by atoms with Crippen LogP contribution in [0.2, 0.25) is 0 Å². The van der Waals surface area contributed by atoms with Gasteiger partial charge in [-0.2, -0.15) is 0 Å². The first-order chi connectivity index (χ1) is 5.22. The van der Waals surface area contributed by atoms with Crippen LogP contribution in [0.25, 0.3) is 0 Å². The number of hydrogen-bond acceptors (Lipinski definition) is 1. The molecule has 2 heteroatoms. The Morgan fingerprint density at radius 1 is 1.36 bits per heavy atom. The number of hydrogen-bond donors (Lipinski definition) is 1. The summed E-state index contributed by atoms with van der Waals surface area (Å²) >= 11 is 0. The minimum Gasteiger partial charge on any atom is -0.478 e. The van der Waals surface area contributed by atoms with Gasteiger partial charge >= 0.3 is 5.97 Å². The molecule has 1 N–H and O–H groups in total. The van der Waals surface area contributed by atoms with Crippen LogP contribution in [0.1, 0.15) is 13.8 Å². The molecular weight excluding hydrogens is 140 g/mol. The Balaban J connectivity index is 0. The molecule has 0 unspecified atom stereocenters. The van der Waals surface area contributed by atoms with Crippen molar-refractivity contribution in [3.8, 4) is 12.8 Å². The van der Waals surface area contributed by atoms with Crippen molar-refractivity contribution in [2.24, 2.45) is 0 Å². The van der Waals surface area contributed by atoms with Crippen molar-refractivity contribution < 1.29 is 9.90 Å². The van der Waals surface area contributed by atoms with E-state index in [1.54, 1.807) is 32.1 Å². The molecule has 0 aromatic carbocycles. The van der Waals surface area contributed by atoms with Gasteiger partial charge in [-0.05, 0) is 13.8 Å². The number of carboxylic acid groups (broad SMARTS) is 1. The summed E-state index contributed by atoms with van der Waals surface area (Å²) in [6, 6.07) is 0. The Bertz CT molecular complexity index is 185. The van der Waals surface area contributed by atoms with Crippen LogP contribution in [0.15, 0.2) is 23.8 Å². The standard InChI is InChI=1S/C7H10O2.C2H2/c1-3-5-6(4-2)7(8)9;1-2/h3-5H,1-2H3,(H,8,9);1-2H/b5-3-,6-4+;. The van der Waals surface area contributed by atoms with Crippen molar-refractivity contribution in [3.63, 3.8) is 0 Å². The summed E-state index contributed by atoms with van der Waals surface area (Å²) in [5.41, 5.74) is 0.331. The summed E-state index contributed by atoms with van der Waals surface area (Å²) in [5, 5.41) is 8.38. The average molecular weight is 152 g/mol. The molecule has 2 nitrogen and oxygen atoms in total. The number of carbonyl (C=O) groups is 1. The van der Waals surface area contributed by atoms with Gasteiger partial charge in [0.1, 0.15) is 0 Å². The smallest absolute Gasteiger partial charge is 0.335 e. The topological polar surface area (TPSA) is 37.3 Å². The maximum Gasteiger partial charge on any atom is 0.335 e. The highest BCUT2D eigenvalue weighted by Crippen LogP contribution is 1.94. The van der Waals surface area contributed by atoms with E-state index < -0.39 is 5.97 Å². The van der Waals surface area contributed by atoms with Gasteiger partial charge in [-0.25, -0.2) is 4.79 Å². The second kappa shape index (κ2) is 8.51. The Kier molecular flexibility index (Phi) is 9.45. The largest absolute Gasteiger partial charge is 0.478 e. The molecule has 0 aliphatic carbocycles. The van der Waals surface area contributed by atoms with Crippen LogP contribution in [0.3, 0.4) is 0 Å². The summed E-state index contributed by atoms with van der Waals surface area (Å²) in [4.78, 5) is 10.2. The molecule has 60 valence electrons. The van der Waals surface area contributed by atoms with Gasteiger partial charge in [-0.1, -0.05) is 18.2 Å². The van der Waals surface area contributed by atoms with Crippen molar-refractivity contribution in [3.05, 3.63) is 23.8 Å². The van der Waals surface area contributed by atoms with E-state index in [0.717, 1.165) is 0 Å². The maximum atomic E-state index is 10.2. The fourth-order valence-corrected chi connectivity index (χ4v) is 0.471. The summed E-state index contributed by atoms with van der Waals surface area (Å²) in [6.07, 6.45) is 12.8. The molecular formula is C9H12O2. The molecule has 0 fully saturated rings. The Morgan fingerprint density at radius 3 is 1.91 bits per heavy atom. The Labute approximate surface area is 67.2 Å². The second-order valence-electron chi connectivity index (χ2n) is 1.55. The van der Waals surface area contributed by atoms with E-state index in [4.69, 9.17) is 5.11 Å². The van der Waals surface area contributed by atoms with Gasteiger partial charge < -0.3 is 5.11 Å². The minimum absolute atomic E-state index is 0.331. The van der Waals surface area contributed by atoms with E-state index in [-0.39, 0.29) is 0 Å². The quantitative estimate of drug-likeness (QED) is 0.372. The monoisotopic (exact) mass is 152 g/mol. The Morgan fingerprint density at radius 2 is 1.82 bits per heavy atom. The molecule has 0 rings (SSSR count). The van der Waals surface area contributed by atoms with Crippen LogP contribution in [-0.4, -0.2) is 11.1 Å². The van der Waals surface area contributed by atoms with Gasteiger partial charge in [0, 0.05) is 0 Å². The lowest BCUT2D eigenvalue weighted by molar-refractivity contribution is -0.132. The third kappa shape index (κ3) is 6.39. The van der Waals surface area contributed by atoms with Crippen LogP contribution >= 0.6 is 0 Å². The first-order valence-corrected chi connectivity index (χ1v) is 3.08. The Hall–Kier alpha value is -1.49. The predicted molar refractivity (Wildman–Crippen MR) is 46.1 cm³/mol. The molecule has 0 heterocycles. The zero-order valence-electron chi connectivity index (χ0n) is 6.74. The van der Waals surface area contributed by atoms with Crippen molar-refractivity contribution in [2.75, 3.05) is 0 Å². The number of carboxylic acids is 1. The van der Waals surface area contributed by atoms with Gasteiger partial charge in [0.2, 0.25) is 0 Å².